The van der Waals surface area contributed by atoms with Gasteiger partial charge in [-0.3, -0.25) is 18.7 Å². The largest absolute Gasteiger partial charge is 0.332 e. The maximum atomic E-state index is 12.8. The van der Waals surface area contributed by atoms with Gasteiger partial charge in [0.05, 0.1) is 12.0 Å². The molecule has 1 unspecified atom stereocenters. The van der Waals surface area contributed by atoms with Crippen molar-refractivity contribution in [1.82, 2.24) is 28.9 Å². The van der Waals surface area contributed by atoms with E-state index in [-0.39, 0.29) is 17.0 Å². The van der Waals surface area contributed by atoms with E-state index in [0.717, 1.165) is 10.1 Å². The summed E-state index contributed by atoms with van der Waals surface area (Å²) in [5.41, 5.74) is 0.998. The molecule has 3 heterocycles. The second-order valence-electron chi connectivity index (χ2n) is 6.86. The minimum Gasteiger partial charge on any atom is -0.312 e. The number of anilines is 1. The molecule has 10 nitrogen and oxygen atoms in total. The van der Waals surface area contributed by atoms with E-state index in [2.05, 4.69) is 20.5 Å². The molecular weight excluding hydrogens is 386 g/mol. The van der Waals surface area contributed by atoms with Gasteiger partial charge in [-0.2, -0.15) is 0 Å². The van der Waals surface area contributed by atoms with Crippen molar-refractivity contribution in [2.45, 2.75) is 13.0 Å². The van der Waals surface area contributed by atoms with Gasteiger partial charge >= 0.3 is 5.69 Å². The molecule has 30 heavy (non-hydrogen) atoms. The van der Waals surface area contributed by atoms with E-state index in [0.29, 0.717) is 5.69 Å². The third-order valence-electron chi connectivity index (χ3n) is 4.96. The molecule has 0 saturated heterocycles. The van der Waals surface area contributed by atoms with E-state index in [4.69, 9.17) is 0 Å². The molecule has 4 rings (SSSR count). The zero-order chi connectivity index (χ0) is 21.4. The second-order valence-corrected chi connectivity index (χ2v) is 6.86. The second kappa shape index (κ2) is 7.39. The van der Waals surface area contributed by atoms with Crippen LogP contribution < -0.4 is 16.6 Å². The number of imidazole rings is 1. The first-order valence-corrected chi connectivity index (χ1v) is 9.21. The summed E-state index contributed by atoms with van der Waals surface area (Å²) in [4.78, 5) is 41.5. The zero-order valence-electron chi connectivity index (χ0n) is 16.6. The highest BCUT2D eigenvalue weighted by Crippen LogP contribution is 2.18. The van der Waals surface area contributed by atoms with Crippen LogP contribution in [0.4, 0.5) is 5.82 Å². The average molecular weight is 405 g/mol. The monoisotopic (exact) mass is 405 g/mol. The molecule has 0 aliphatic carbocycles. The van der Waals surface area contributed by atoms with Gasteiger partial charge in [0, 0.05) is 19.7 Å². The van der Waals surface area contributed by atoms with Gasteiger partial charge in [0.15, 0.2) is 17.0 Å². The van der Waals surface area contributed by atoms with Crippen molar-refractivity contribution in [3.63, 3.8) is 0 Å². The SMILES string of the molecule is CC(C(=O)Nc1ccc(-c2ccccc2)nn1)n1cnc2c1c(=O)n(C)c(=O)n2C. The average Bonchev–Trinajstić information content (AvgIpc) is 3.22. The van der Waals surface area contributed by atoms with Crippen molar-refractivity contribution < 1.29 is 4.79 Å². The molecule has 1 N–H and O–H groups in total. The van der Waals surface area contributed by atoms with Crippen LogP contribution in [0.2, 0.25) is 0 Å². The van der Waals surface area contributed by atoms with E-state index in [1.54, 1.807) is 19.1 Å². The van der Waals surface area contributed by atoms with Gasteiger partial charge < -0.3 is 9.88 Å². The van der Waals surface area contributed by atoms with E-state index < -0.39 is 23.2 Å². The number of hydrogen-bond acceptors (Lipinski definition) is 6. The Morgan fingerprint density at radius 1 is 1.00 bits per heavy atom. The summed E-state index contributed by atoms with van der Waals surface area (Å²) in [6.07, 6.45) is 1.37. The number of carbonyl (C=O) groups excluding carboxylic acids is 1. The van der Waals surface area contributed by atoms with Gasteiger partial charge in [0.2, 0.25) is 5.91 Å². The first-order valence-electron chi connectivity index (χ1n) is 9.21. The highest BCUT2D eigenvalue weighted by Gasteiger charge is 2.22. The Kier molecular flexibility index (Phi) is 4.74. The molecule has 0 aliphatic rings. The normalized spacial score (nSPS) is 12.1. The molecule has 1 aromatic carbocycles. The van der Waals surface area contributed by atoms with Gasteiger partial charge in [0.25, 0.3) is 5.56 Å². The lowest BCUT2D eigenvalue weighted by molar-refractivity contribution is -0.118. The fraction of sp³-hybridized carbons (Fsp3) is 0.200. The standard InChI is InChI=1S/C20H19N7O3/c1-12(27-11-21-17-16(27)19(29)26(3)20(30)25(17)2)18(28)22-15-10-9-14(23-24-15)13-7-5-4-6-8-13/h4-12H,1-3H3,(H,22,24,28). The molecule has 3 aromatic heterocycles. The summed E-state index contributed by atoms with van der Waals surface area (Å²) in [5.74, 6) is -0.108. The molecule has 1 amide bonds. The van der Waals surface area contributed by atoms with E-state index in [1.165, 1.54) is 29.6 Å². The van der Waals surface area contributed by atoms with Crippen molar-refractivity contribution in [3.8, 4) is 11.3 Å². The van der Waals surface area contributed by atoms with Crippen LogP contribution in [-0.4, -0.2) is 34.8 Å². The number of benzene rings is 1. The summed E-state index contributed by atoms with van der Waals surface area (Å²) in [7, 11) is 2.91. The molecular formula is C20H19N7O3. The minimum absolute atomic E-state index is 0.174. The number of carbonyl (C=O) groups is 1. The fourth-order valence-corrected chi connectivity index (χ4v) is 3.18. The maximum absolute atomic E-state index is 12.8. The third kappa shape index (κ3) is 3.17. The van der Waals surface area contributed by atoms with E-state index in [9.17, 15) is 14.4 Å². The summed E-state index contributed by atoms with van der Waals surface area (Å²) >= 11 is 0. The number of nitrogens with one attached hydrogen (secondary N) is 1. The highest BCUT2D eigenvalue weighted by molar-refractivity contribution is 5.93. The van der Waals surface area contributed by atoms with Crippen LogP contribution in [0.25, 0.3) is 22.4 Å². The molecule has 1 atom stereocenters. The number of aryl methyl sites for hydroxylation is 1. The summed E-state index contributed by atoms with van der Waals surface area (Å²) in [6.45, 7) is 1.63. The lowest BCUT2D eigenvalue weighted by Gasteiger charge is -2.14. The van der Waals surface area contributed by atoms with Crippen LogP contribution in [0.5, 0.6) is 0 Å². The van der Waals surface area contributed by atoms with Crippen LogP contribution >= 0.6 is 0 Å². The minimum atomic E-state index is -0.768. The maximum Gasteiger partial charge on any atom is 0.332 e. The molecule has 0 spiro atoms. The molecule has 0 fully saturated rings. The first-order chi connectivity index (χ1) is 14.4. The van der Waals surface area contributed by atoms with Crippen LogP contribution in [-0.2, 0) is 18.9 Å². The first kappa shape index (κ1) is 19.2. The highest BCUT2D eigenvalue weighted by atomic mass is 16.2. The van der Waals surface area contributed by atoms with Crippen molar-refractivity contribution >= 4 is 22.9 Å². The Morgan fingerprint density at radius 3 is 2.40 bits per heavy atom. The summed E-state index contributed by atoms with van der Waals surface area (Å²) < 4.78 is 3.70. The van der Waals surface area contributed by atoms with Gasteiger partial charge in [-0.05, 0) is 19.1 Å². The predicted octanol–water partition coefficient (Wildman–Crippen LogP) is 1.09. The van der Waals surface area contributed by atoms with Gasteiger partial charge in [-0.25, -0.2) is 9.78 Å². The Morgan fingerprint density at radius 2 is 1.73 bits per heavy atom. The molecule has 4 aromatic rings. The van der Waals surface area contributed by atoms with Crippen molar-refractivity contribution in [3.05, 3.63) is 69.6 Å². The Balaban J connectivity index is 1.60. The zero-order valence-corrected chi connectivity index (χ0v) is 16.6. The Bertz CT molecular complexity index is 1350. The lowest BCUT2D eigenvalue weighted by Crippen LogP contribution is -2.38. The molecule has 10 heteroatoms. The van der Waals surface area contributed by atoms with E-state index >= 15 is 0 Å². The number of hydrogen-bond donors (Lipinski definition) is 1. The molecule has 0 saturated carbocycles. The smallest absolute Gasteiger partial charge is 0.312 e. The van der Waals surface area contributed by atoms with Gasteiger partial charge in [-0.1, -0.05) is 30.3 Å². The molecule has 0 radical (unpaired) electrons. The molecule has 0 bridgehead atoms. The van der Waals surface area contributed by atoms with Crippen LogP contribution in [0, 0.1) is 0 Å². The topological polar surface area (TPSA) is 117 Å². The number of amides is 1. The third-order valence-corrected chi connectivity index (χ3v) is 4.96. The van der Waals surface area contributed by atoms with Crippen molar-refractivity contribution in [2.75, 3.05) is 5.32 Å². The Hall–Kier alpha value is -4.08. The van der Waals surface area contributed by atoms with Crippen molar-refractivity contribution in [1.29, 1.82) is 0 Å². The van der Waals surface area contributed by atoms with Gasteiger partial charge in [0.1, 0.15) is 6.04 Å². The van der Waals surface area contributed by atoms with Gasteiger partial charge in [-0.15, -0.1) is 10.2 Å². The van der Waals surface area contributed by atoms with Crippen LogP contribution in [0.3, 0.4) is 0 Å². The number of fused-ring (bicyclic) bond motifs is 1. The van der Waals surface area contributed by atoms with Crippen LogP contribution in [0.1, 0.15) is 13.0 Å². The number of rotatable bonds is 4. The van der Waals surface area contributed by atoms with Crippen LogP contribution in [0.15, 0.2) is 58.4 Å². The number of aromatic nitrogens is 6. The quantitative estimate of drug-likeness (QED) is 0.543. The fourth-order valence-electron chi connectivity index (χ4n) is 3.18. The van der Waals surface area contributed by atoms with Crippen molar-refractivity contribution in [2.24, 2.45) is 14.1 Å². The summed E-state index contributed by atoms with van der Waals surface area (Å²) in [5, 5.41) is 10.9. The number of nitrogens with zero attached hydrogens (tertiary/aromatic N) is 6. The summed E-state index contributed by atoms with van der Waals surface area (Å²) in [6, 6.07) is 12.2. The predicted molar refractivity (Wildman–Crippen MR) is 111 cm³/mol. The van der Waals surface area contributed by atoms with E-state index in [1.807, 2.05) is 30.3 Å². The molecule has 152 valence electrons. The molecule has 0 aliphatic heterocycles. The Labute approximate surface area is 170 Å². The lowest BCUT2D eigenvalue weighted by atomic mass is 10.1.